The first-order valence-electron chi connectivity index (χ1n) is 7.03. The number of aliphatic hydroxyl groups is 2. The van der Waals surface area contributed by atoms with Gasteiger partial charge in [0.25, 0.3) is 0 Å². The van der Waals surface area contributed by atoms with Crippen LogP contribution in [0.1, 0.15) is 51.9 Å². The first-order chi connectivity index (χ1) is 8.81. The third-order valence-electron chi connectivity index (χ3n) is 2.65. The minimum atomic E-state index is -0.790. The predicted octanol–water partition coefficient (Wildman–Crippen LogP) is 3.18. The molecule has 18 heavy (non-hydrogen) atoms. The monoisotopic (exact) mass is 256 g/mol. The Hall–Kier alpha value is -0.800. The van der Waals surface area contributed by atoms with Gasteiger partial charge < -0.3 is 14.9 Å². The van der Waals surface area contributed by atoms with Gasteiger partial charge >= 0.3 is 0 Å². The molecule has 3 nitrogen and oxygen atoms in total. The van der Waals surface area contributed by atoms with E-state index in [1.807, 2.05) is 6.08 Å². The lowest BCUT2D eigenvalue weighted by Gasteiger charge is -2.04. The van der Waals surface area contributed by atoms with Crippen molar-refractivity contribution in [1.82, 2.24) is 0 Å². The number of aliphatic hydroxyl groups excluding tert-OH is 2. The number of hydrogen-bond donors (Lipinski definition) is 2. The summed E-state index contributed by atoms with van der Waals surface area (Å²) >= 11 is 0. The number of rotatable bonds is 12. The van der Waals surface area contributed by atoms with Crippen molar-refractivity contribution in [2.75, 3.05) is 13.2 Å². The molecule has 0 spiro atoms. The van der Waals surface area contributed by atoms with Crippen LogP contribution in [-0.4, -0.2) is 29.5 Å². The summed E-state index contributed by atoms with van der Waals surface area (Å²) in [6.07, 6.45) is 15.7. The summed E-state index contributed by atoms with van der Waals surface area (Å²) in [6, 6.07) is 0. The SMILES string of the molecule is CCCCCCCC/C=C/C=C/OCC(O)CO. The fourth-order valence-electron chi connectivity index (χ4n) is 1.54. The summed E-state index contributed by atoms with van der Waals surface area (Å²) < 4.78 is 5.02. The van der Waals surface area contributed by atoms with E-state index in [0.717, 1.165) is 6.42 Å². The lowest BCUT2D eigenvalue weighted by atomic mass is 10.1. The lowest BCUT2D eigenvalue weighted by Crippen LogP contribution is -2.17. The van der Waals surface area contributed by atoms with Crippen molar-refractivity contribution in [3.8, 4) is 0 Å². The normalized spacial score (nSPS) is 13.5. The molecule has 0 fully saturated rings. The van der Waals surface area contributed by atoms with E-state index in [1.165, 1.54) is 44.8 Å². The fourth-order valence-corrected chi connectivity index (χ4v) is 1.54. The van der Waals surface area contributed by atoms with Crippen molar-refractivity contribution in [2.45, 2.75) is 58.0 Å². The highest BCUT2D eigenvalue weighted by Crippen LogP contribution is 2.07. The molecule has 0 heterocycles. The van der Waals surface area contributed by atoms with E-state index < -0.39 is 6.10 Å². The van der Waals surface area contributed by atoms with Crippen LogP contribution >= 0.6 is 0 Å². The average molecular weight is 256 g/mol. The van der Waals surface area contributed by atoms with Gasteiger partial charge in [0.15, 0.2) is 0 Å². The van der Waals surface area contributed by atoms with Crippen LogP contribution in [0, 0.1) is 0 Å². The van der Waals surface area contributed by atoms with Gasteiger partial charge in [0, 0.05) is 0 Å². The van der Waals surface area contributed by atoms with Crippen molar-refractivity contribution in [1.29, 1.82) is 0 Å². The van der Waals surface area contributed by atoms with Crippen LogP contribution in [0.15, 0.2) is 24.5 Å². The summed E-state index contributed by atoms with van der Waals surface area (Å²) in [4.78, 5) is 0. The summed E-state index contributed by atoms with van der Waals surface area (Å²) in [7, 11) is 0. The molecule has 0 aromatic carbocycles. The second-order valence-corrected chi connectivity index (χ2v) is 4.48. The molecule has 0 aromatic rings. The van der Waals surface area contributed by atoms with Crippen molar-refractivity contribution >= 4 is 0 Å². The van der Waals surface area contributed by atoms with E-state index in [9.17, 15) is 0 Å². The Labute approximate surface area is 111 Å². The first-order valence-corrected chi connectivity index (χ1v) is 7.03. The third-order valence-corrected chi connectivity index (χ3v) is 2.65. The molecule has 106 valence electrons. The van der Waals surface area contributed by atoms with Crippen molar-refractivity contribution in [3.05, 3.63) is 24.5 Å². The standard InChI is InChI=1S/C15H28O3/c1-2-3-4-5-6-7-8-9-10-11-12-18-14-15(17)13-16/h9-12,15-17H,2-8,13-14H2,1H3/b10-9+,12-11+. The van der Waals surface area contributed by atoms with Gasteiger partial charge in [-0.1, -0.05) is 51.2 Å². The zero-order chi connectivity index (χ0) is 13.5. The minimum Gasteiger partial charge on any atom is -0.498 e. The number of allylic oxidation sites excluding steroid dienone is 3. The van der Waals surface area contributed by atoms with E-state index in [4.69, 9.17) is 14.9 Å². The molecule has 2 N–H and O–H groups in total. The maximum atomic E-state index is 8.99. The first kappa shape index (κ1) is 17.2. The smallest absolute Gasteiger partial charge is 0.115 e. The van der Waals surface area contributed by atoms with E-state index in [-0.39, 0.29) is 13.2 Å². The van der Waals surface area contributed by atoms with Crippen molar-refractivity contribution < 1.29 is 14.9 Å². The van der Waals surface area contributed by atoms with E-state index in [1.54, 1.807) is 6.08 Å². The maximum absolute atomic E-state index is 8.99. The summed E-state index contributed by atoms with van der Waals surface area (Å²) in [5, 5.41) is 17.5. The number of unbranched alkanes of at least 4 members (excludes halogenated alkanes) is 6. The highest BCUT2D eigenvalue weighted by molar-refractivity contribution is 4.99. The Morgan fingerprint density at radius 1 is 1.06 bits per heavy atom. The van der Waals surface area contributed by atoms with Gasteiger partial charge in [-0.3, -0.25) is 0 Å². The summed E-state index contributed by atoms with van der Waals surface area (Å²) in [5.74, 6) is 0. The van der Waals surface area contributed by atoms with Crippen LogP contribution in [0.25, 0.3) is 0 Å². The Balaban J connectivity index is 3.24. The third kappa shape index (κ3) is 13.3. The van der Waals surface area contributed by atoms with Gasteiger partial charge in [0.05, 0.1) is 12.9 Å². The van der Waals surface area contributed by atoms with Gasteiger partial charge in [-0.15, -0.1) is 0 Å². The molecule has 0 aliphatic heterocycles. The maximum Gasteiger partial charge on any atom is 0.115 e. The van der Waals surface area contributed by atoms with Gasteiger partial charge in [-0.2, -0.15) is 0 Å². The molecule has 0 rings (SSSR count). The second-order valence-electron chi connectivity index (χ2n) is 4.48. The summed E-state index contributed by atoms with van der Waals surface area (Å²) in [6.45, 7) is 2.11. The molecule has 0 bridgehead atoms. The quantitative estimate of drug-likeness (QED) is 0.320. The van der Waals surface area contributed by atoms with Crippen LogP contribution in [0.3, 0.4) is 0 Å². The van der Waals surface area contributed by atoms with E-state index in [2.05, 4.69) is 13.0 Å². The van der Waals surface area contributed by atoms with Gasteiger partial charge in [-0.05, 0) is 18.9 Å². The molecule has 3 heteroatoms. The van der Waals surface area contributed by atoms with Crippen LogP contribution in [-0.2, 0) is 4.74 Å². The number of hydrogen-bond acceptors (Lipinski definition) is 3. The van der Waals surface area contributed by atoms with Gasteiger partial charge in [0.2, 0.25) is 0 Å². The topological polar surface area (TPSA) is 49.7 Å². The highest BCUT2D eigenvalue weighted by atomic mass is 16.5. The number of ether oxygens (including phenoxy) is 1. The Morgan fingerprint density at radius 2 is 1.78 bits per heavy atom. The summed E-state index contributed by atoms with van der Waals surface area (Å²) in [5.41, 5.74) is 0. The van der Waals surface area contributed by atoms with Crippen LogP contribution in [0.2, 0.25) is 0 Å². The largest absolute Gasteiger partial charge is 0.498 e. The molecule has 0 radical (unpaired) electrons. The molecular formula is C15H28O3. The Kier molecular flexibility index (Phi) is 13.6. The van der Waals surface area contributed by atoms with Crippen LogP contribution < -0.4 is 0 Å². The van der Waals surface area contributed by atoms with Crippen molar-refractivity contribution in [2.24, 2.45) is 0 Å². The highest BCUT2D eigenvalue weighted by Gasteiger charge is 1.98. The Morgan fingerprint density at radius 3 is 2.50 bits per heavy atom. The van der Waals surface area contributed by atoms with E-state index >= 15 is 0 Å². The van der Waals surface area contributed by atoms with Gasteiger partial charge in [-0.25, -0.2) is 0 Å². The molecule has 0 aliphatic carbocycles. The molecule has 0 aromatic heterocycles. The Bertz CT molecular complexity index is 212. The molecule has 1 atom stereocenters. The molecule has 0 amide bonds. The lowest BCUT2D eigenvalue weighted by molar-refractivity contribution is 0.0384. The fraction of sp³-hybridized carbons (Fsp3) is 0.733. The predicted molar refractivity (Wildman–Crippen MR) is 75.3 cm³/mol. The average Bonchev–Trinajstić information content (AvgIpc) is 2.39. The second kappa shape index (κ2) is 14.3. The minimum absolute atomic E-state index is 0.137. The molecule has 1 unspecified atom stereocenters. The van der Waals surface area contributed by atoms with Gasteiger partial charge in [0.1, 0.15) is 12.7 Å². The van der Waals surface area contributed by atoms with Crippen LogP contribution in [0.4, 0.5) is 0 Å². The van der Waals surface area contributed by atoms with Crippen molar-refractivity contribution in [3.63, 3.8) is 0 Å². The molecule has 0 saturated carbocycles. The zero-order valence-corrected chi connectivity index (χ0v) is 11.6. The van der Waals surface area contributed by atoms with E-state index in [0.29, 0.717) is 0 Å². The molecular weight excluding hydrogens is 228 g/mol. The molecule has 0 saturated heterocycles. The van der Waals surface area contributed by atoms with Crippen LogP contribution in [0.5, 0.6) is 0 Å². The zero-order valence-electron chi connectivity index (χ0n) is 11.6. The molecule has 0 aliphatic rings.